The van der Waals surface area contributed by atoms with Gasteiger partial charge in [0.1, 0.15) is 0 Å². The highest BCUT2D eigenvalue weighted by molar-refractivity contribution is 6.33. The van der Waals surface area contributed by atoms with Gasteiger partial charge in [-0.2, -0.15) is 0 Å². The Hall–Kier alpha value is -1.19. The van der Waals surface area contributed by atoms with E-state index in [9.17, 15) is 4.39 Å². The molecular formula is C13H9Cl2FN2. The fourth-order valence-corrected chi connectivity index (χ4v) is 2.23. The minimum absolute atomic E-state index is 0.253. The predicted molar refractivity (Wildman–Crippen MR) is 69.4 cm³/mol. The summed E-state index contributed by atoms with van der Waals surface area (Å²) in [6.45, 7) is 0. The third-order valence-corrected chi connectivity index (χ3v) is 3.49. The number of rotatable bonds is 2. The molecule has 0 radical (unpaired) electrons. The summed E-state index contributed by atoms with van der Waals surface area (Å²) in [6.07, 6.45) is 2.51. The molecule has 18 heavy (non-hydrogen) atoms. The summed E-state index contributed by atoms with van der Waals surface area (Å²) in [5, 5.41) is -0.507. The number of halogens is 3. The maximum Gasteiger partial charge on any atom is 0.197 e. The van der Waals surface area contributed by atoms with Crippen molar-refractivity contribution in [2.24, 2.45) is 0 Å². The topological polar surface area (TPSA) is 25.8 Å². The van der Waals surface area contributed by atoms with Crippen LogP contribution in [0.25, 0.3) is 11.4 Å². The van der Waals surface area contributed by atoms with Gasteiger partial charge in [-0.1, -0.05) is 47.5 Å². The standard InChI is InChI=1S/C13H9Cl2FN2/c14-11-10(16)12(15)18-13(17-11)9-5-3-8(4-6-9)7-1-2-7/h3-7H,1-2H2. The summed E-state index contributed by atoms with van der Waals surface area (Å²) in [6, 6.07) is 7.91. The molecule has 3 rings (SSSR count). The van der Waals surface area contributed by atoms with Crippen molar-refractivity contribution in [1.82, 2.24) is 9.97 Å². The van der Waals surface area contributed by atoms with Gasteiger partial charge in [0.15, 0.2) is 21.9 Å². The molecule has 1 aliphatic rings. The van der Waals surface area contributed by atoms with Crippen LogP contribution in [0.2, 0.25) is 10.3 Å². The average molecular weight is 283 g/mol. The predicted octanol–water partition coefficient (Wildman–Crippen LogP) is 4.47. The summed E-state index contributed by atoms with van der Waals surface area (Å²) >= 11 is 11.3. The highest BCUT2D eigenvalue weighted by atomic mass is 35.5. The van der Waals surface area contributed by atoms with Gasteiger partial charge in [0.05, 0.1) is 0 Å². The van der Waals surface area contributed by atoms with Crippen LogP contribution in [-0.4, -0.2) is 9.97 Å². The molecule has 1 aromatic carbocycles. The number of hydrogen-bond donors (Lipinski definition) is 0. The van der Waals surface area contributed by atoms with Gasteiger partial charge < -0.3 is 0 Å². The van der Waals surface area contributed by atoms with E-state index >= 15 is 0 Å². The van der Waals surface area contributed by atoms with Crippen LogP contribution in [0.1, 0.15) is 24.3 Å². The van der Waals surface area contributed by atoms with Crippen LogP contribution in [0, 0.1) is 5.82 Å². The molecule has 1 heterocycles. The van der Waals surface area contributed by atoms with Crippen molar-refractivity contribution in [3.05, 3.63) is 46.0 Å². The van der Waals surface area contributed by atoms with Crippen LogP contribution in [0.4, 0.5) is 4.39 Å². The Balaban J connectivity index is 1.98. The van der Waals surface area contributed by atoms with Crippen molar-refractivity contribution in [3.8, 4) is 11.4 Å². The molecule has 5 heteroatoms. The fraction of sp³-hybridized carbons (Fsp3) is 0.231. The summed E-state index contributed by atoms with van der Waals surface area (Å²) < 4.78 is 13.2. The Morgan fingerprint density at radius 3 is 2.06 bits per heavy atom. The zero-order valence-corrected chi connectivity index (χ0v) is 10.8. The van der Waals surface area contributed by atoms with Crippen molar-refractivity contribution >= 4 is 23.2 Å². The fourth-order valence-electron chi connectivity index (χ4n) is 1.84. The molecule has 2 aromatic rings. The maximum atomic E-state index is 13.2. The minimum Gasteiger partial charge on any atom is -0.213 e. The van der Waals surface area contributed by atoms with Gasteiger partial charge in [-0.25, -0.2) is 14.4 Å². The molecule has 92 valence electrons. The Bertz CT molecular complexity index is 571. The molecule has 1 fully saturated rings. The lowest BCUT2D eigenvalue weighted by Gasteiger charge is -2.04. The van der Waals surface area contributed by atoms with Crippen molar-refractivity contribution < 1.29 is 4.39 Å². The van der Waals surface area contributed by atoms with E-state index in [1.165, 1.54) is 18.4 Å². The van der Waals surface area contributed by atoms with E-state index in [1.54, 1.807) is 0 Å². The maximum absolute atomic E-state index is 13.2. The minimum atomic E-state index is -0.781. The molecule has 1 saturated carbocycles. The highest BCUT2D eigenvalue weighted by Crippen LogP contribution is 2.40. The summed E-state index contributed by atoms with van der Waals surface area (Å²) in [4.78, 5) is 7.78. The van der Waals surface area contributed by atoms with Gasteiger partial charge >= 0.3 is 0 Å². The number of aromatic nitrogens is 2. The van der Waals surface area contributed by atoms with Crippen LogP contribution in [0.5, 0.6) is 0 Å². The van der Waals surface area contributed by atoms with Gasteiger partial charge in [-0.3, -0.25) is 0 Å². The third-order valence-electron chi connectivity index (χ3n) is 2.99. The molecule has 2 nitrogen and oxygen atoms in total. The van der Waals surface area contributed by atoms with E-state index < -0.39 is 5.82 Å². The zero-order valence-electron chi connectivity index (χ0n) is 9.33. The summed E-state index contributed by atoms with van der Waals surface area (Å²) in [7, 11) is 0. The second-order valence-corrected chi connectivity index (χ2v) is 5.06. The van der Waals surface area contributed by atoms with Crippen LogP contribution < -0.4 is 0 Å². The zero-order chi connectivity index (χ0) is 12.7. The van der Waals surface area contributed by atoms with E-state index in [1.807, 2.05) is 24.3 Å². The normalized spacial score (nSPS) is 14.8. The van der Waals surface area contributed by atoms with E-state index in [2.05, 4.69) is 9.97 Å². The summed E-state index contributed by atoms with van der Waals surface area (Å²) in [5.41, 5.74) is 2.10. The van der Waals surface area contributed by atoms with Gasteiger partial charge in [-0.15, -0.1) is 0 Å². The average Bonchev–Trinajstić information content (AvgIpc) is 3.20. The van der Waals surface area contributed by atoms with Gasteiger partial charge in [0.2, 0.25) is 0 Å². The van der Waals surface area contributed by atoms with Crippen LogP contribution >= 0.6 is 23.2 Å². The molecular weight excluding hydrogens is 274 g/mol. The van der Waals surface area contributed by atoms with E-state index in [0.29, 0.717) is 11.7 Å². The molecule has 0 spiro atoms. The lowest BCUT2D eigenvalue weighted by molar-refractivity contribution is 0.615. The smallest absolute Gasteiger partial charge is 0.197 e. The molecule has 0 atom stereocenters. The Morgan fingerprint density at radius 1 is 1.00 bits per heavy atom. The largest absolute Gasteiger partial charge is 0.213 e. The van der Waals surface area contributed by atoms with Crippen LogP contribution in [0.3, 0.4) is 0 Å². The quantitative estimate of drug-likeness (QED) is 0.760. The van der Waals surface area contributed by atoms with E-state index in [4.69, 9.17) is 23.2 Å². The first kappa shape index (κ1) is 11.9. The van der Waals surface area contributed by atoms with Crippen molar-refractivity contribution in [2.45, 2.75) is 18.8 Å². The Kier molecular flexibility index (Phi) is 2.96. The lowest BCUT2D eigenvalue weighted by atomic mass is 10.1. The van der Waals surface area contributed by atoms with Crippen LogP contribution in [-0.2, 0) is 0 Å². The number of benzene rings is 1. The lowest BCUT2D eigenvalue weighted by Crippen LogP contribution is -1.94. The molecule has 1 aliphatic carbocycles. The summed E-state index contributed by atoms with van der Waals surface area (Å²) in [5.74, 6) is 0.255. The third kappa shape index (κ3) is 2.20. The molecule has 0 aliphatic heterocycles. The van der Waals surface area contributed by atoms with Gasteiger partial charge in [0.25, 0.3) is 0 Å². The first-order chi connectivity index (χ1) is 8.65. The van der Waals surface area contributed by atoms with E-state index in [0.717, 1.165) is 5.56 Å². The molecule has 0 N–H and O–H groups in total. The van der Waals surface area contributed by atoms with Crippen molar-refractivity contribution in [2.75, 3.05) is 0 Å². The Morgan fingerprint density at radius 2 is 1.56 bits per heavy atom. The molecule has 0 unspecified atom stereocenters. The molecule has 0 bridgehead atoms. The van der Waals surface area contributed by atoms with Crippen molar-refractivity contribution in [3.63, 3.8) is 0 Å². The van der Waals surface area contributed by atoms with Crippen LogP contribution in [0.15, 0.2) is 24.3 Å². The molecule has 0 saturated heterocycles. The molecule has 0 amide bonds. The second kappa shape index (κ2) is 4.48. The first-order valence-electron chi connectivity index (χ1n) is 5.64. The second-order valence-electron chi connectivity index (χ2n) is 4.34. The SMILES string of the molecule is Fc1c(Cl)nc(-c2ccc(C3CC3)cc2)nc1Cl. The number of hydrogen-bond acceptors (Lipinski definition) is 2. The Labute approximate surface area is 114 Å². The van der Waals surface area contributed by atoms with E-state index in [-0.39, 0.29) is 10.3 Å². The monoisotopic (exact) mass is 282 g/mol. The molecule has 1 aromatic heterocycles. The van der Waals surface area contributed by atoms with Gasteiger partial charge in [0, 0.05) is 5.56 Å². The van der Waals surface area contributed by atoms with Gasteiger partial charge in [-0.05, 0) is 24.3 Å². The van der Waals surface area contributed by atoms with Crippen molar-refractivity contribution in [1.29, 1.82) is 0 Å². The first-order valence-corrected chi connectivity index (χ1v) is 6.39. The number of nitrogens with zero attached hydrogens (tertiary/aromatic N) is 2. The highest BCUT2D eigenvalue weighted by Gasteiger charge is 2.23.